The van der Waals surface area contributed by atoms with Gasteiger partial charge < -0.3 is 20.1 Å². The van der Waals surface area contributed by atoms with Crippen molar-refractivity contribution in [1.29, 1.82) is 5.26 Å². The van der Waals surface area contributed by atoms with Gasteiger partial charge in [-0.15, -0.1) is 0 Å². The lowest BCUT2D eigenvalue weighted by Gasteiger charge is -2.28. The Morgan fingerprint density at radius 3 is 2.76 bits per heavy atom. The molecular formula is C25H23N5O4. The minimum Gasteiger partial charge on any atom is -0.490 e. The van der Waals surface area contributed by atoms with Crippen molar-refractivity contribution >= 4 is 17.7 Å². The zero-order valence-corrected chi connectivity index (χ0v) is 18.6. The van der Waals surface area contributed by atoms with E-state index in [1.54, 1.807) is 0 Å². The van der Waals surface area contributed by atoms with Gasteiger partial charge in [0.1, 0.15) is 11.7 Å². The quantitative estimate of drug-likeness (QED) is 0.549. The van der Waals surface area contributed by atoms with Crippen LogP contribution in [-0.4, -0.2) is 29.1 Å². The Morgan fingerprint density at radius 1 is 1.15 bits per heavy atom. The van der Waals surface area contributed by atoms with Crippen LogP contribution in [-0.2, 0) is 11.3 Å². The topological polar surface area (TPSA) is 129 Å². The summed E-state index contributed by atoms with van der Waals surface area (Å²) in [6.45, 7) is 3.50. The number of aromatic amines is 1. The van der Waals surface area contributed by atoms with E-state index in [9.17, 15) is 14.9 Å². The number of nitriles is 1. The van der Waals surface area contributed by atoms with Crippen LogP contribution in [0.25, 0.3) is 0 Å². The van der Waals surface area contributed by atoms with Crippen LogP contribution in [0.2, 0.25) is 0 Å². The second-order valence-corrected chi connectivity index (χ2v) is 8.35. The van der Waals surface area contributed by atoms with Gasteiger partial charge in [-0.2, -0.15) is 10.2 Å². The first-order valence-corrected chi connectivity index (χ1v) is 11.1. The molecule has 2 atom stereocenters. The van der Waals surface area contributed by atoms with Gasteiger partial charge in [0.2, 0.25) is 11.9 Å². The molecule has 0 bridgehead atoms. The molecule has 1 amide bonds. The molecule has 0 saturated carbocycles. The Kier molecular flexibility index (Phi) is 5.64. The van der Waals surface area contributed by atoms with Gasteiger partial charge in [0, 0.05) is 18.9 Å². The van der Waals surface area contributed by atoms with Crippen molar-refractivity contribution in [2.24, 2.45) is 5.92 Å². The number of rotatable bonds is 4. The summed E-state index contributed by atoms with van der Waals surface area (Å²) in [7, 11) is 0. The monoisotopic (exact) mass is 457 g/mol. The largest absolute Gasteiger partial charge is 0.490 e. The van der Waals surface area contributed by atoms with E-state index in [1.807, 2.05) is 49.4 Å². The van der Waals surface area contributed by atoms with Crippen LogP contribution in [0.4, 0.5) is 11.8 Å². The fraction of sp³-hybridized carbons (Fsp3) is 0.280. The smallest absolute Gasteiger partial charge is 0.258 e. The summed E-state index contributed by atoms with van der Waals surface area (Å²) in [6, 6.07) is 15.2. The van der Waals surface area contributed by atoms with Crippen molar-refractivity contribution in [2.45, 2.75) is 25.8 Å². The van der Waals surface area contributed by atoms with Gasteiger partial charge in [-0.25, -0.2) is 0 Å². The van der Waals surface area contributed by atoms with Crippen molar-refractivity contribution < 1.29 is 14.3 Å². The van der Waals surface area contributed by atoms with Crippen LogP contribution in [0.5, 0.6) is 11.5 Å². The number of hydrogen-bond acceptors (Lipinski definition) is 7. The number of benzene rings is 2. The molecule has 3 heterocycles. The molecule has 3 N–H and O–H groups in total. The van der Waals surface area contributed by atoms with Crippen molar-refractivity contribution in [3.63, 3.8) is 0 Å². The van der Waals surface area contributed by atoms with Crippen molar-refractivity contribution in [1.82, 2.24) is 9.97 Å². The Bertz CT molecular complexity index is 1360. The average molecular weight is 457 g/mol. The SMILES string of the molecule is Cc1cccc(C2c3c(nc(NCc4ccc5c(c4)OCCCO5)[nH]c3=O)NC(=O)C2C#N)c1. The molecule has 2 aliphatic heterocycles. The zero-order chi connectivity index (χ0) is 23.7. The molecule has 0 spiro atoms. The van der Waals surface area contributed by atoms with E-state index in [1.165, 1.54) is 0 Å². The van der Waals surface area contributed by atoms with E-state index in [2.05, 4.69) is 26.7 Å². The lowest BCUT2D eigenvalue weighted by atomic mass is 9.79. The standard InChI is InChI=1S/C25H23N5O4/c1-14-4-2-5-16(10-14)20-17(12-26)23(31)28-22-21(20)24(32)30-25(29-22)27-13-15-6-7-18-19(11-15)34-9-3-8-33-18/h2,4-7,10-11,17,20H,3,8-9,13H2,1H3,(H3,27,28,29,30,31,32). The Labute approximate surface area is 195 Å². The lowest BCUT2D eigenvalue weighted by Crippen LogP contribution is -2.38. The van der Waals surface area contributed by atoms with Crippen LogP contribution < -0.4 is 25.7 Å². The molecule has 0 fully saturated rings. The normalized spacial score (nSPS) is 18.8. The number of fused-ring (bicyclic) bond motifs is 2. The number of carbonyl (C=O) groups is 1. The molecule has 172 valence electrons. The minimum absolute atomic E-state index is 0.160. The Morgan fingerprint density at radius 2 is 1.97 bits per heavy atom. The number of ether oxygens (including phenoxy) is 2. The van der Waals surface area contributed by atoms with Crippen molar-refractivity contribution in [3.05, 3.63) is 75.1 Å². The summed E-state index contributed by atoms with van der Waals surface area (Å²) in [5.41, 5.74) is 2.48. The summed E-state index contributed by atoms with van der Waals surface area (Å²) in [5, 5.41) is 15.4. The molecule has 2 unspecified atom stereocenters. The first kappa shape index (κ1) is 21.5. The third-order valence-corrected chi connectivity index (χ3v) is 5.94. The number of nitrogens with zero attached hydrogens (tertiary/aromatic N) is 2. The molecule has 2 aromatic carbocycles. The first-order valence-electron chi connectivity index (χ1n) is 11.1. The van der Waals surface area contributed by atoms with Crippen LogP contribution in [0.3, 0.4) is 0 Å². The highest BCUT2D eigenvalue weighted by atomic mass is 16.5. The van der Waals surface area contributed by atoms with Gasteiger partial charge >= 0.3 is 0 Å². The number of H-pyrrole nitrogens is 1. The number of carbonyl (C=O) groups excluding carboxylic acids is 1. The van der Waals surface area contributed by atoms with Gasteiger partial charge in [0.25, 0.3) is 5.56 Å². The predicted octanol–water partition coefficient (Wildman–Crippen LogP) is 3.08. The highest BCUT2D eigenvalue weighted by molar-refractivity contribution is 5.97. The molecule has 0 saturated heterocycles. The van der Waals surface area contributed by atoms with E-state index in [0.717, 1.165) is 23.1 Å². The molecule has 34 heavy (non-hydrogen) atoms. The Balaban J connectivity index is 1.44. The molecule has 2 aliphatic rings. The highest BCUT2D eigenvalue weighted by Gasteiger charge is 2.40. The first-order chi connectivity index (χ1) is 16.5. The van der Waals surface area contributed by atoms with Crippen LogP contribution in [0, 0.1) is 24.2 Å². The molecule has 0 radical (unpaired) electrons. The summed E-state index contributed by atoms with van der Waals surface area (Å²) < 4.78 is 11.4. The van der Waals surface area contributed by atoms with Crippen molar-refractivity contribution in [2.75, 3.05) is 23.8 Å². The van der Waals surface area contributed by atoms with E-state index in [-0.39, 0.29) is 17.3 Å². The summed E-state index contributed by atoms with van der Waals surface area (Å²) in [6.07, 6.45) is 0.824. The number of aryl methyl sites for hydroxylation is 1. The van der Waals surface area contributed by atoms with Crippen LogP contribution in [0.15, 0.2) is 47.3 Å². The summed E-state index contributed by atoms with van der Waals surface area (Å²) >= 11 is 0. The Hall–Kier alpha value is -4.32. The molecule has 9 heteroatoms. The lowest BCUT2D eigenvalue weighted by molar-refractivity contribution is -0.119. The summed E-state index contributed by atoms with van der Waals surface area (Å²) in [4.78, 5) is 33.0. The van der Waals surface area contributed by atoms with Gasteiger partial charge in [0.15, 0.2) is 11.5 Å². The zero-order valence-electron chi connectivity index (χ0n) is 18.6. The second kappa shape index (κ2) is 8.90. The van der Waals surface area contributed by atoms with Crippen LogP contribution in [0.1, 0.15) is 34.6 Å². The fourth-order valence-corrected chi connectivity index (χ4v) is 4.32. The maximum atomic E-state index is 13.1. The van der Waals surface area contributed by atoms with Gasteiger partial charge in [0.05, 0.1) is 24.8 Å². The number of nitrogens with one attached hydrogen (secondary N) is 3. The third-order valence-electron chi connectivity index (χ3n) is 5.94. The van der Waals surface area contributed by atoms with Crippen LogP contribution >= 0.6 is 0 Å². The maximum absolute atomic E-state index is 13.1. The van der Waals surface area contributed by atoms with E-state index >= 15 is 0 Å². The number of anilines is 2. The fourth-order valence-electron chi connectivity index (χ4n) is 4.32. The number of amides is 1. The van der Waals surface area contributed by atoms with Gasteiger partial charge in [-0.1, -0.05) is 35.9 Å². The maximum Gasteiger partial charge on any atom is 0.258 e. The van der Waals surface area contributed by atoms with E-state index in [4.69, 9.17) is 9.47 Å². The minimum atomic E-state index is -1.03. The highest BCUT2D eigenvalue weighted by Crippen LogP contribution is 2.38. The van der Waals surface area contributed by atoms with E-state index in [0.29, 0.717) is 31.3 Å². The van der Waals surface area contributed by atoms with Gasteiger partial charge in [-0.3, -0.25) is 14.6 Å². The molecule has 9 nitrogen and oxygen atoms in total. The number of aromatic nitrogens is 2. The molecular weight excluding hydrogens is 434 g/mol. The molecule has 5 rings (SSSR count). The predicted molar refractivity (Wildman–Crippen MR) is 125 cm³/mol. The summed E-state index contributed by atoms with van der Waals surface area (Å²) in [5.74, 6) is -0.451. The molecule has 1 aromatic heterocycles. The average Bonchev–Trinajstić information content (AvgIpc) is 3.07. The second-order valence-electron chi connectivity index (χ2n) is 8.35. The molecule has 3 aromatic rings. The van der Waals surface area contributed by atoms with E-state index < -0.39 is 23.3 Å². The molecule has 0 aliphatic carbocycles. The van der Waals surface area contributed by atoms with Crippen molar-refractivity contribution in [3.8, 4) is 17.6 Å². The van der Waals surface area contributed by atoms with Gasteiger partial charge in [-0.05, 0) is 30.2 Å². The number of hydrogen-bond donors (Lipinski definition) is 3. The third kappa shape index (κ3) is 4.06.